The predicted octanol–water partition coefficient (Wildman–Crippen LogP) is 4.46. The first-order chi connectivity index (χ1) is 17.4. The van der Waals surface area contributed by atoms with Gasteiger partial charge in [-0.05, 0) is 76.2 Å². The number of phenols is 1. The molecule has 9 nitrogen and oxygen atoms in total. The number of nitrogens with zero attached hydrogens (tertiary/aromatic N) is 6. The van der Waals surface area contributed by atoms with Gasteiger partial charge in [-0.3, -0.25) is 9.69 Å². The SMILES string of the molecule is Cc1nnc(-c2cccc(-n3ccc(N(C(=O)c4cccc(O)c4)C4CCC(N(C)C)CC4)n3)c2)o1. The Morgan fingerprint density at radius 2 is 1.75 bits per heavy atom. The summed E-state index contributed by atoms with van der Waals surface area (Å²) in [6.45, 7) is 1.75. The minimum atomic E-state index is -0.167. The molecule has 2 aromatic heterocycles. The van der Waals surface area contributed by atoms with Gasteiger partial charge in [-0.1, -0.05) is 12.1 Å². The normalized spacial score (nSPS) is 17.9. The number of aromatic hydroxyl groups is 1. The summed E-state index contributed by atoms with van der Waals surface area (Å²) in [7, 11) is 4.21. The maximum atomic E-state index is 13.7. The first-order valence-corrected chi connectivity index (χ1v) is 12.1. The second-order valence-electron chi connectivity index (χ2n) is 9.45. The van der Waals surface area contributed by atoms with Gasteiger partial charge in [-0.15, -0.1) is 15.3 Å². The number of carbonyl (C=O) groups is 1. The van der Waals surface area contributed by atoms with Crippen molar-refractivity contribution >= 4 is 11.7 Å². The molecule has 1 amide bonds. The van der Waals surface area contributed by atoms with Crippen LogP contribution in [-0.4, -0.2) is 62.1 Å². The maximum Gasteiger partial charge on any atom is 0.259 e. The Kier molecular flexibility index (Phi) is 6.56. The van der Waals surface area contributed by atoms with Crippen LogP contribution in [0.1, 0.15) is 41.9 Å². The van der Waals surface area contributed by atoms with E-state index in [2.05, 4.69) is 29.2 Å². The summed E-state index contributed by atoms with van der Waals surface area (Å²) >= 11 is 0. The molecule has 2 aromatic carbocycles. The van der Waals surface area contributed by atoms with E-state index < -0.39 is 0 Å². The highest BCUT2D eigenvalue weighted by atomic mass is 16.4. The monoisotopic (exact) mass is 486 g/mol. The molecule has 186 valence electrons. The van der Waals surface area contributed by atoms with E-state index in [4.69, 9.17) is 9.52 Å². The number of hydrogen-bond donors (Lipinski definition) is 1. The van der Waals surface area contributed by atoms with E-state index >= 15 is 0 Å². The van der Waals surface area contributed by atoms with Crippen LogP contribution in [0.2, 0.25) is 0 Å². The summed E-state index contributed by atoms with van der Waals surface area (Å²) in [5.74, 6) is 1.42. The number of phenolic OH excluding ortho intramolecular Hbond substituents is 1. The van der Waals surface area contributed by atoms with Gasteiger partial charge in [0, 0.05) is 42.4 Å². The van der Waals surface area contributed by atoms with Gasteiger partial charge in [-0.25, -0.2) is 4.68 Å². The number of aryl methyl sites for hydroxylation is 1. The van der Waals surface area contributed by atoms with Crippen LogP contribution in [0.3, 0.4) is 0 Å². The standard InChI is InChI=1S/C27H30N6O3/c1-18-28-29-26(36-18)19-6-4-8-23(16-19)32-15-14-25(30-32)33(22-12-10-21(11-13-22)31(2)3)27(35)20-7-5-9-24(34)17-20/h4-9,14-17,21-22,34H,10-13H2,1-3H3. The fraction of sp³-hybridized carbons (Fsp3) is 0.333. The third kappa shape index (κ3) is 4.87. The molecule has 1 N–H and O–H groups in total. The lowest BCUT2D eigenvalue weighted by atomic mass is 9.89. The lowest BCUT2D eigenvalue weighted by Crippen LogP contribution is -2.45. The molecule has 2 heterocycles. The number of carbonyl (C=O) groups excluding carboxylic acids is 1. The van der Waals surface area contributed by atoms with Gasteiger partial charge in [0.05, 0.1) is 5.69 Å². The summed E-state index contributed by atoms with van der Waals surface area (Å²) < 4.78 is 7.32. The maximum absolute atomic E-state index is 13.7. The van der Waals surface area contributed by atoms with Crippen LogP contribution in [0, 0.1) is 6.92 Å². The van der Waals surface area contributed by atoms with Gasteiger partial charge in [-0.2, -0.15) is 0 Å². The van der Waals surface area contributed by atoms with Gasteiger partial charge in [0.25, 0.3) is 5.91 Å². The van der Waals surface area contributed by atoms with Crippen molar-refractivity contribution < 1.29 is 14.3 Å². The van der Waals surface area contributed by atoms with Crippen LogP contribution in [0.5, 0.6) is 5.75 Å². The van der Waals surface area contributed by atoms with Crippen molar-refractivity contribution in [3.05, 3.63) is 72.2 Å². The zero-order chi connectivity index (χ0) is 25.2. The van der Waals surface area contributed by atoms with Crippen molar-refractivity contribution in [1.29, 1.82) is 0 Å². The van der Waals surface area contributed by atoms with Gasteiger partial charge < -0.3 is 14.4 Å². The topological polar surface area (TPSA) is 101 Å². The van der Waals surface area contributed by atoms with Gasteiger partial charge >= 0.3 is 0 Å². The van der Waals surface area contributed by atoms with E-state index in [1.165, 1.54) is 6.07 Å². The Bertz CT molecular complexity index is 1350. The lowest BCUT2D eigenvalue weighted by Gasteiger charge is -2.37. The van der Waals surface area contributed by atoms with E-state index in [9.17, 15) is 9.90 Å². The Morgan fingerprint density at radius 3 is 2.44 bits per heavy atom. The van der Waals surface area contributed by atoms with Gasteiger partial charge in [0.15, 0.2) is 5.82 Å². The van der Waals surface area contributed by atoms with Gasteiger partial charge in [0.1, 0.15) is 5.75 Å². The zero-order valence-corrected chi connectivity index (χ0v) is 20.7. The van der Waals surface area contributed by atoms with Crippen molar-refractivity contribution in [1.82, 2.24) is 24.9 Å². The molecule has 0 unspecified atom stereocenters. The van der Waals surface area contributed by atoms with Crippen LogP contribution in [0.15, 0.2) is 65.2 Å². The highest BCUT2D eigenvalue weighted by molar-refractivity contribution is 6.06. The minimum absolute atomic E-state index is 0.0205. The van der Waals surface area contributed by atoms with Crippen molar-refractivity contribution in [2.24, 2.45) is 0 Å². The fourth-order valence-corrected chi connectivity index (χ4v) is 4.85. The number of rotatable bonds is 6. The van der Waals surface area contributed by atoms with E-state index in [1.54, 1.807) is 34.7 Å². The molecule has 4 aromatic rings. The summed E-state index contributed by atoms with van der Waals surface area (Å²) in [6, 6.07) is 16.6. The van der Waals surface area contributed by atoms with Crippen molar-refractivity contribution in [2.45, 2.75) is 44.7 Å². The summed E-state index contributed by atoms with van der Waals surface area (Å²) in [6.07, 6.45) is 5.63. The summed E-state index contributed by atoms with van der Waals surface area (Å²) in [5.41, 5.74) is 2.04. The molecule has 36 heavy (non-hydrogen) atoms. The number of benzene rings is 2. The molecule has 0 atom stereocenters. The van der Waals surface area contributed by atoms with E-state index in [-0.39, 0.29) is 17.7 Å². The van der Waals surface area contributed by atoms with Crippen molar-refractivity contribution in [3.63, 3.8) is 0 Å². The summed E-state index contributed by atoms with van der Waals surface area (Å²) in [4.78, 5) is 17.8. The molecule has 1 aliphatic rings. The number of aromatic nitrogens is 4. The second-order valence-corrected chi connectivity index (χ2v) is 9.45. The minimum Gasteiger partial charge on any atom is -0.508 e. The molecule has 9 heteroatoms. The van der Waals surface area contributed by atoms with E-state index in [1.807, 2.05) is 36.5 Å². The molecule has 1 saturated carbocycles. The largest absolute Gasteiger partial charge is 0.508 e. The third-order valence-electron chi connectivity index (χ3n) is 6.78. The predicted molar refractivity (Wildman–Crippen MR) is 136 cm³/mol. The third-order valence-corrected chi connectivity index (χ3v) is 6.78. The second kappa shape index (κ2) is 9.94. The molecule has 1 fully saturated rings. The Balaban J connectivity index is 1.47. The molecular weight excluding hydrogens is 456 g/mol. The fourth-order valence-electron chi connectivity index (χ4n) is 4.85. The molecular formula is C27H30N6O3. The molecule has 0 spiro atoms. The van der Waals surface area contributed by atoms with Crippen LogP contribution in [-0.2, 0) is 0 Å². The van der Waals surface area contributed by atoms with Crippen LogP contribution in [0.4, 0.5) is 5.82 Å². The number of amides is 1. The highest BCUT2D eigenvalue weighted by Crippen LogP contribution is 2.31. The summed E-state index contributed by atoms with van der Waals surface area (Å²) in [5, 5.41) is 22.8. The Hall–Kier alpha value is -3.98. The zero-order valence-electron chi connectivity index (χ0n) is 20.7. The molecule has 1 aliphatic carbocycles. The molecule has 0 radical (unpaired) electrons. The van der Waals surface area contributed by atoms with Crippen molar-refractivity contribution in [3.8, 4) is 22.9 Å². The average Bonchev–Trinajstić information content (AvgIpc) is 3.54. The highest BCUT2D eigenvalue weighted by Gasteiger charge is 2.32. The van der Waals surface area contributed by atoms with Crippen LogP contribution < -0.4 is 4.90 Å². The first kappa shape index (κ1) is 23.7. The van der Waals surface area contributed by atoms with Crippen LogP contribution in [0.25, 0.3) is 17.1 Å². The van der Waals surface area contributed by atoms with Crippen LogP contribution >= 0.6 is 0 Å². The quantitative estimate of drug-likeness (QED) is 0.430. The first-order valence-electron chi connectivity index (χ1n) is 12.1. The molecule has 0 saturated heterocycles. The van der Waals surface area contributed by atoms with Crippen molar-refractivity contribution in [2.75, 3.05) is 19.0 Å². The van der Waals surface area contributed by atoms with E-state index in [0.29, 0.717) is 29.2 Å². The molecule has 5 rings (SSSR count). The van der Waals surface area contributed by atoms with Gasteiger partial charge in [0.2, 0.25) is 11.8 Å². The van der Waals surface area contributed by atoms with E-state index in [0.717, 1.165) is 36.9 Å². The Labute approximate surface area is 210 Å². The number of anilines is 1. The Morgan fingerprint density at radius 1 is 1.00 bits per heavy atom. The molecule has 0 aliphatic heterocycles. The lowest BCUT2D eigenvalue weighted by molar-refractivity contribution is 0.0961. The average molecular weight is 487 g/mol. The molecule has 0 bridgehead atoms. The number of hydrogen-bond acceptors (Lipinski definition) is 7. The smallest absolute Gasteiger partial charge is 0.259 e.